The average molecular weight is 196 g/mol. The Morgan fingerprint density at radius 3 is 2.43 bits per heavy atom. The number of carbonyl (C=O) groups is 3. The van der Waals surface area contributed by atoms with Crippen LogP contribution in [0.15, 0.2) is 23.2 Å². The van der Waals surface area contributed by atoms with Crippen molar-refractivity contribution in [1.82, 2.24) is 0 Å². The summed E-state index contributed by atoms with van der Waals surface area (Å²) in [5.74, 6) is -3.28. The van der Waals surface area contributed by atoms with Crippen molar-refractivity contribution in [1.29, 1.82) is 0 Å². The van der Waals surface area contributed by atoms with Crippen LogP contribution in [-0.2, 0) is 19.1 Å². The first-order chi connectivity index (χ1) is 6.49. The summed E-state index contributed by atoms with van der Waals surface area (Å²) >= 11 is 0. The van der Waals surface area contributed by atoms with Gasteiger partial charge in [-0.2, -0.15) is 0 Å². The summed E-state index contributed by atoms with van der Waals surface area (Å²) in [7, 11) is 1.21. The zero-order valence-electron chi connectivity index (χ0n) is 7.66. The lowest BCUT2D eigenvalue weighted by Crippen LogP contribution is -2.24. The molecule has 0 aliphatic heterocycles. The van der Waals surface area contributed by atoms with Crippen LogP contribution in [0.25, 0.3) is 0 Å². The van der Waals surface area contributed by atoms with Gasteiger partial charge in [-0.3, -0.25) is 14.4 Å². The summed E-state index contributed by atoms with van der Waals surface area (Å²) in [5, 5.41) is 9.18. The van der Waals surface area contributed by atoms with Crippen molar-refractivity contribution >= 4 is 17.3 Å². The number of methoxy groups -OCH3 is 1. The molecule has 74 valence electrons. The van der Waals surface area contributed by atoms with E-state index in [1.807, 2.05) is 0 Å². The molecule has 0 atom stereocenters. The lowest BCUT2D eigenvalue weighted by Gasteiger charge is -2.12. The van der Waals surface area contributed by atoms with Gasteiger partial charge in [0.1, 0.15) is 5.57 Å². The van der Waals surface area contributed by atoms with E-state index >= 15 is 0 Å². The molecule has 0 fully saturated rings. The highest BCUT2D eigenvalue weighted by Gasteiger charge is 2.31. The van der Waals surface area contributed by atoms with Gasteiger partial charge in [0, 0.05) is 6.08 Å². The van der Waals surface area contributed by atoms with E-state index in [0.717, 1.165) is 13.0 Å². The Hall–Kier alpha value is -1.91. The molecule has 1 aliphatic carbocycles. The zero-order chi connectivity index (χ0) is 10.9. The summed E-state index contributed by atoms with van der Waals surface area (Å²) in [5.41, 5.74) is -0.519. The molecule has 0 heterocycles. The van der Waals surface area contributed by atoms with Crippen molar-refractivity contribution in [3.8, 4) is 0 Å². The molecule has 0 bridgehead atoms. The number of allylic oxidation sites excluding steroid dienone is 2. The first kappa shape index (κ1) is 10.2. The quantitative estimate of drug-likeness (QED) is 0.499. The van der Waals surface area contributed by atoms with Gasteiger partial charge in [0.15, 0.2) is 17.3 Å². The third-order valence-corrected chi connectivity index (χ3v) is 1.76. The Kier molecular flexibility index (Phi) is 2.51. The SMILES string of the molecule is COC1=CC(=O)C(O)=C(C(C)=O)C1=O. The minimum Gasteiger partial charge on any atom is -0.504 e. The van der Waals surface area contributed by atoms with E-state index in [4.69, 9.17) is 0 Å². The maximum absolute atomic E-state index is 11.4. The maximum atomic E-state index is 11.4. The molecule has 0 aromatic rings. The summed E-state index contributed by atoms with van der Waals surface area (Å²) in [6, 6.07) is 0. The van der Waals surface area contributed by atoms with Crippen LogP contribution in [0.1, 0.15) is 6.92 Å². The predicted molar refractivity (Wildman–Crippen MR) is 45.4 cm³/mol. The molecule has 0 radical (unpaired) electrons. The Labute approximate surface area is 79.7 Å². The molecular weight excluding hydrogens is 188 g/mol. The fraction of sp³-hybridized carbons (Fsp3) is 0.222. The van der Waals surface area contributed by atoms with Gasteiger partial charge in [0.2, 0.25) is 11.6 Å². The molecule has 0 unspecified atom stereocenters. The maximum Gasteiger partial charge on any atom is 0.235 e. The number of rotatable bonds is 2. The van der Waals surface area contributed by atoms with Crippen LogP contribution in [0.5, 0.6) is 0 Å². The molecule has 0 amide bonds. The van der Waals surface area contributed by atoms with Crippen molar-refractivity contribution in [2.75, 3.05) is 7.11 Å². The Balaban J connectivity index is 3.27. The van der Waals surface area contributed by atoms with E-state index in [1.54, 1.807) is 0 Å². The average Bonchev–Trinajstić information content (AvgIpc) is 2.11. The summed E-state index contributed by atoms with van der Waals surface area (Å²) in [6.07, 6.45) is 0.851. The predicted octanol–water partition coefficient (Wildman–Crippen LogP) is 0.0696. The molecule has 5 nitrogen and oxygen atoms in total. The lowest BCUT2D eigenvalue weighted by molar-refractivity contribution is -0.123. The van der Waals surface area contributed by atoms with Crippen molar-refractivity contribution in [2.24, 2.45) is 0 Å². The Morgan fingerprint density at radius 2 is 2.00 bits per heavy atom. The van der Waals surface area contributed by atoms with Crippen molar-refractivity contribution < 1.29 is 24.2 Å². The van der Waals surface area contributed by atoms with Crippen LogP contribution >= 0.6 is 0 Å². The molecule has 0 aromatic carbocycles. The van der Waals surface area contributed by atoms with Crippen LogP contribution < -0.4 is 0 Å². The fourth-order valence-corrected chi connectivity index (χ4v) is 1.09. The molecule has 0 saturated heterocycles. The number of Topliss-reactive ketones (excluding diaryl/α,β-unsaturated/α-hetero) is 2. The van der Waals surface area contributed by atoms with Crippen molar-refractivity contribution in [3.05, 3.63) is 23.2 Å². The van der Waals surface area contributed by atoms with Gasteiger partial charge in [0.25, 0.3) is 0 Å². The third-order valence-electron chi connectivity index (χ3n) is 1.76. The second kappa shape index (κ2) is 3.45. The number of carbonyl (C=O) groups excluding carboxylic acids is 3. The van der Waals surface area contributed by atoms with Crippen LogP contribution in [0.3, 0.4) is 0 Å². The van der Waals surface area contributed by atoms with Gasteiger partial charge in [-0.25, -0.2) is 0 Å². The Bertz CT molecular complexity index is 386. The van der Waals surface area contributed by atoms with Crippen LogP contribution in [0.4, 0.5) is 0 Å². The number of hydrogen-bond donors (Lipinski definition) is 1. The van der Waals surface area contributed by atoms with Crippen LogP contribution in [0.2, 0.25) is 0 Å². The minimum absolute atomic E-state index is 0.238. The minimum atomic E-state index is -0.816. The topological polar surface area (TPSA) is 80.7 Å². The molecule has 1 N–H and O–H groups in total. The second-order valence-corrected chi connectivity index (χ2v) is 2.69. The molecule has 14 heavy (non-hydrogen) atoms. The van der Waals surface area contributed by atoms with Crippen molar-refractivity contribution in [3.63, 3.8) is 0 Å². The molecular formula is C9H8O5. The second-order valence-electron chi connectivity index (χ2n) is 2.69. The monoisotopic (exact) mass is 196 g/mol. The van der Waals surface area contributed by atoms with E-state index in [2.05, 4.69) is 4.74 Å². The van der Waals surface area contributed by atoms with Gasteiger partial charge in [-0.05, 0) is 6.92 Å². The van der Waals surface area contributed by atoms with E-state index in [-0.39, 0.29) is 5.76 Å². The summed E-state index contributed by atoms with van der Waals surface area (Å²) < 4.78 is 4.60. The number of aliphatic hydroxyl groups is 1. The van der Waals surface area contributed by atoms with Crippen molar-refractivity contribution in [2.45, 2.75) is 6.92 Å². The molecule has 1 rings (SSSR count). The highest BCUT2D eigenvalue weighted by atomic mass is 16.5. The smallest absolute Gasteiger partial charge is 0.235 e. The normalized spacial score (nSPS) is 16.9. The lowest BCUT2D eigenvalue weighted by atomic mass is 9.97. The highest BCUT2D eigenvalue weighted by molar-refractivity contribution is 6.32. The largest absolute Gasteiger partial charge is 0.504 e. The summed E-state index contributed by atoms with van der Waals surface area (Å²) in [6.45, 7) is 1.09. The van der Waals surface area contributed by atoms with E-state index in [0.29, 0.717) is 0 Å². The van der Waals surface area contributed by atoms with E-state index in [1.165, 1.54) is 7.11 Å². The first-order valence-electron chi connectivity index (χ1n) is 3.78. The number of ether oxygens (including phenoxy) is 1. The van der Waals surface area contributed by atoms with Gasteiger partial charge in [-0.1, -0.05) is 0 Å². The summed E-state index contributed by atoms with van der Waals surface area (Å²) in [4.78, 5) is 33.4. The van der Waals surface area contributed by atoms with E-state index < -0.39 is 28.7 Å². The Morgan fingerprint density at radius 1 is 1.43 bits per heavy atom. The van der Waals surface area contributed by atoms with Gasteiger partial charge >= 0.3 is 0 Å². The molecule has 1 aliphatic rings. The molecule has 0 spiro atoms. The molecule has 0 aromatic heterocycles. The van der Waals surface area contributed by atoms with Gasteiger partial charge in [0.05, 0.1) is 7.11 Å². The fourth-order valence-electron chi connectivity index (χ4n) is 1.09. The number of hydrogen-bond acceptors (Lipinski definition) is 5. The first-order valence-corrected chi connectivity index (χ1v) is 3.78. The van der Waals surface area contributed by atoms with Crippen LogP contribution in [-0.4, -0.2) is 29.6 Å². The molecule has 5 heteroatoms. The van der Waals surface area contributed by atoms with E-state index in [9.17, 15) is 19.5 Å². The molecule has 0 saturated carbocycles. The number of ketones is 3. The standard InChI is InChI=1S/C9H8O5/c1-4(10)7-8(12)5(11)3-6(14-2)9(7)13/h3,12H,1-2H3. The zero-order valence-corrected chi connectivity index (χ0v) is 7.66. The highest BCUT2D eigenvalue weighted by Crippen LogP contribution is 2.18. The van der Waals surface area contributed by atoms with Gasteiger partial charge in [-0.15, -0.1) is 0 Å². The van der Waals surface area contributed by atoms with Gasteiger partial charge < -0.3 is 9.84 Å². The third kappa shape index (κ3) is 1.44. The van der Waals surface area contributed by atoms with Crippen LogP contribution in [0, 0.1) is 0 Å². The number of aliphatic hydroxyl groups excluding tert-OH is 1.